The van der Waals surface area contributed by atoms with E-state index in [4.69, 9.17) is 10.3 Å². The summed E-state index contributed by atoms with van der Waals surface area (Å²) in [6.45, 7) is 5.85. The number of rotatable bonds is 5. The van der Waals surface area contributed by atoms with Crippen LogP contribution >= 0.6 is 0 Å². The molecule has 2 N–H and O–H groups in total. The van der Waals surface area contributed by atoms with E-state index in [2.05, 4.69) is 10.1 Å². The van der Waals surface area contributed by atoms with E-state index in [1.165, 1.54) is 0 Å². The number of carbonyl (C=O) groups excluding carboxylic acids is 1. The zero-order valence-electron chi connectivity index (χ0n) is 14.1. The summed E-state index contributed by atoms with van der Waals surface area (Å²) in [5, 5.41) is 4.07. The SMILES string of the molecule is CCN(CC)C(=O)[C@@H]1C[C@H](N)CN1c1noc(-c2ccccc2)n1. The summed E-state index contributed by atoms with van der Waals surface area (Å²) in [5.74, 6) is 0.937. The summed E-state index contributed by atoms with van der Waals surface area (Å²) in [6, 6.07) is 9.17. The van der Waals surface area contributed by atoms with Crippen molar-refractivity contribution in [2.24, 2.45) is 5.73 Å². The Hall–Kier alpha value is -2.41. The van der Waals surface area contributed by atoms with Crippen LogP contribution in [-0.4, -0.2) is 52.7 Å². The van der Waals surface area contributed by atoms with Crippen LogP contribution in [0.4, 0.5) is 5.95 Å². The quantitative estimate of drug-likeness (QED) is 0.894. The molecule has 0 spiro atoms. The zero-order chi connectivity index (χ0) is 17.1. The molecule has 0 radical (unpaired) electrons. The summed E-state index contributed by atoms with van der Waals surface area (Å²) in [5.41, 5.74) is 6.95. The molecule has 1 aliphatic rings. The first-order valence-corrected chi connectivity index (χ1v) is 8.34. The van der Waals surface area contributed by atoms with E-state index in [0.29, 0.717) is 37.9 Å². The number of nitrogens with two attached hydrogens (primary N) is 1. The predicted octanol–water partition coefficient (Wildman–Crippen LogP) is 1.51. The molecule has 1 aromatic heterocycles. The van der Waals surface area contributed by atoms with Crippen molar-refractivity contribution in [2.45, 2.75) is 32.4 Å². The highest BCUT2D eigenvalue weighted by molar-refractivity contribution is 5.85. The Kier molecular flexibility index (Phi) is 4.80. The van der Waals surface area contributed by atoms with Gasteiger partial charge in [-0.15, -0.1) is 0 Å². The molecule has 2 heterocycles. The zero-order valence-corrected chi connectivity index (χ0v) is 14.1. The highest BCUT2D eigenvalue weighted by Crippen LogP contribution is 2.26. The summed E-state index contributed by atoms with van der Waals surface area (Å²) < 4.78 is 5.37. The van der Waals surface area contributed by atoms with Crippen LogP contribution in [0, 0.1) is 0 Å². The highest BCUT2D eigenvalue weighted by atomic mass is 16.5. The molecule has 7 nitrogen and oxygen atoms in total. The van der Waals surface area contributed by atoms with Crippen LogP contribution < -0.4 is 10.6 Å². The first kappa shape index (κ1) is 16.4. The van der Waals surface area contributed by atoms with Gasteiger partial charge in [-0.05, 0) is 37.6 Å². The van der Waals surface area contributed by atoms with Gasteiger partial charge in [0.25, 0.3) is 11.8 Å². The molecule has 7 heteroatoms. The monoisotopic (exact) mass is 329 g/mol. The van der Waals surface area contributed by atoms with Crippen molar-refractivity contribution >= 4 is 11.9 Å². The Balaban J connectivity index is 1.84. The van der Waals surface area contributed by atoms with Gasteiger partial charge in [-0.1, -0.05) is 18.2 Å². The number of benzene rings is 1. The Bertz CT molecular complexity index is 683. The number of likely N-dealkylation sites (N-methyl/N-ethyl adjacent to an activating group) is 1. The molecule has 128 valence electrons. The van der Waals surface area contributed by atoms with E-state index in [1.807, 2.05) is 54.0 Å². The minimum absolute atomic E-state index is 0.0685. The average molecular weight is 329 g/mol. The Morgan fingerprint density at radius 1 is 1.33 bits per heavy atom. The van der Waals surface area contributed by atoms with Gasteiger partial charge in [0.05, 0.1) is 0 Å². The second kappa shape index (κ2) is 7.00. The van der Waals surface area contributed by atoms with Gasteiger partial charge in [0.1, 0.15) is 6.04 Å². The van der Waals surface area contributed by atoms with Crippen LogP contribution in [0.3, 0.4) is 0 Å². The van der Waals surface area contributed by atoms with E-state index in [-0.39, 0.29) is 18.0 Å². The van der Waals surface area contributed by atoms with E-state index >= 15 is 0 Å². The molecule has 1 aromatic carbocycles. The van der Waals surface area contributed by atoms with Gasteiger partial charge in [-0.2, -0.15) is 4.98 Å². The molecule has 0 saturated carbocycles. The first-order chi connectivity index (χ1) is 11.6. The molecule has 2 atom stereocenters. The third-order valence-corrected chi connectivity index (χ3v) is 4.39. The number of aromatic nitrogens is 2. The van der Waals surface area contributed by atoms with Crippen molar-refractivity contribution in [1.29, 1.82) is 0 Å². The Morgan fingerprint density at radius 3 is 2.71 bits per heavy atom. The molecule has 1 aliphatic heterocycles. The highest BCUT2D eigenvalue weighted by Gasteiger charge is 2.39. The Morgan fingerprint density at radius 2 is 2.04 bits per heavy atom. The molecule has 0 unspecified atom stereocenters. The van der Waals surface area contributed by atoms with Gasteiger partial charge in [-0.25, -0.2) is 0 Å². The van der Waals surface area contributed by atoms with E-state index < -0.39 is 0 Å². The van der Waals surface area contributed by atoms with Crippen molar-refractivity contribution in [3.8, 4) is 11.5 Å². The largest absolute Gasteiger partial charge is 0.341 e. The van der Waals surface area contributed by atoms with Gasteiger partial charge >= 0.3 is 0 Å². The summed E-state index contributed by atoms with van der Waals surface area (Å²) >= 11 is 0. The Labute approximate surface area is 141 Å². The average Bonchev–Trinajstić information content (AvgIpc) is 3.23. The molecule has 0 bridgehead atoms. The number of carbonyl (C=O) groups is 1. The number of hydrogen-bond donors (Lipinski definition) is 1. The predicted molar refractivity (Wildman–Crippen MR) is 91.4 cm³/mol. The maximum Gasteiger partial charge on any atom is 0.267 e. The summed E-state index contributed by atoms with van der Waals surface area (Å²) in [4.78, 5) is 20.9. The second-order valence-electron chi connectivity index (χ2n) is 5.94. The minimum Gasteiger partial charge on any atom is -0.341 e. The lowest BCUT2D eigenvalue weighted by Gasteiger charge is -2.27. The minimum atomic E-state index is -0.332. The molecule has 0 aliphatic carbocycles. The topological polar surface area (TPSA) is 88.5 Å². The maximum atomic E-state index is 12.8. The third kappa shape index (κ3) is 3.12. The van der Waals surface area contributed by atoms with Crippen molar-refractivity contribution in [1.82, 2.24) is 15.0 Å². The van der Waals surface area contributed by atoms with Crippen molar-refractivity contribution in [3.63, 3.8) is 0 Å². The van der Waals surface area contributed by atoms with Crippen LogP contribution in [0.5, 0.6) is 0 Å². The summed E-state index contributed by atoms with van der Waals surface area (Å²) in [7, 11) is 0. The van der Waals surface area contributed by atoms with Crippen LogP contribution in [0.1, 0.15) is 20.3 Å². The van der Waals surface area contributed by atoms with Gasteiger partial charge in [0, 0.05) is 31.2 Å². The smallest absolute Gasteiger partial charge is 0.267 e. The lowest BCUT2D eigenvalue weighted by atomic mass is 10.1. The third-order valence-electron chi connectivity index (χ3n) is 4.39. The van der Waals surface area contributed by atoms with Gasteiger partial charge in [0.2, 0.25) is 5.91 Å². The number of anilines is 1. The molecule has 1 amide bonds. The molecular weight excluding hydrogens is 306 g/mol. The number of hydrogen-bond acceptors (Lipinski definition) is 6. The fraction of sp³-hybridized carbons (Fsp3) is 0.471. The number of amides is 1. The van der Waals surface area contributed by atoms with Crippen LogP contribution in [0.2, 0.25) is 0 Å². The lowest BCUT2D eigenvalue weighted by molar-refractivity contribution is -0.132. The van der Waals surface area contributed by atoms with Crippen LogP contribution in [0.25, 0.3) is 11.5 Å². The molecule has 2 aromatic rings. The van der Waals surface area contributed by atoms with Crippen molar-refractivity contribution in [3.05, 3.63) is 30.3 Å². The van der Waals surface area contributed by atoms with Crippen LogP contribution in [0.15, 0.2) is 34.9 Å². The maximum absolute atomic E-state index is 12.8. The standard InChI is InChI=1S/C17H23N5O2/c1-3-21(4-2)16(23)14-10-13(18)11-22(14)17-19-15(24-20-17)12-8-6-5-7-9-12/h5-9,13-14H,3-4,10-11,18H2,1-2H3/t13-,14-/m0/s1. The van der Waals surface area contributed by atoms with E-state index in [1.54, 1.807) is 0 Å². The normalized spacial score (nSPS) is 20.4. The molecule has 1 saturated heterocycles. The van der Waals surface area contributed by atoms with Crippen molar-refractivity contribution in [2.75, 3.05) is 24.5 Å². The lowest BCUT2D eigenvalue weighted by Crippen LogP contribution is -2.46. The van der Waals surface area contributed by atoms with Gasteiger partial charge in [0.15, 0.2) is 0 Å². The van der Waals surface area contributed by atoms with Gasteiger partial charge < -0.3 is 20.1 Å². The second-order valence-corrected chi connectivity index (χ2v) is 5.94. The van der Waals surface area contributed by atoms with E-state index in [9.17, 15) is 4.79 Å². The molecule has 3 rings (SSSR count). The van der Waals surface area contributed by atoms with Crippen LogP contribution in [-0.2, 0) is 4.79 Å². The molecular formula is C17H23N5O2. The fourth-order valence-electron chi connectivity index (χ4n) is 3.10. The van der Waals surface area contributed by atoms with E-state index in [0.717, 1.165) is 5.56 Å². The first-order valence-electron chi connectivity index (χ1n) is 8.34. The van der Waals surface area contributed by atoms with Gasteiger partial charge in [-0.3, -0.25) is 4.79 Å². The fourth-order valence-corrected chi connectivity index (χ4v) is 3.10. The summed E-state index contributed by atoms with van der Waals surface area (Å²) in [6.07, 6.45) is 0.602. The van der Waals surface area contributed by atoms with Crippen molar-refractivity contribution < 1.29 is 9.32 Å². The number of nitrogens with zero attached hydrogens (tertiary/aromatic N) is 4. The molecule has 1 fully saturated rings. The molecule has 24 heavy (non-hydrogen) atoms.